The molecular weight excluding hydrogens is 268 g/mol. The fourth-order valence-corrected chi connectivity index (χ4v) is 3.75. The predicted octanol–water partition coefficient (Wildman–Crippen LogP) is 5.23. The van der Waals surface area contributed by atoms with E-state index in [-0.39, 0.29) is 0 Å². The molecule has 1 aliphatic rings. The first-order chi connectivity index (χ1) is 9.51. The Kier molecular flexibility index (Phi) is 5.37. The molecule has 0 saturated heterocycles. The quantitative estimate of drug-likeness (QED) is 0.691. The van der Waals surface area contributed by atoms with Gasteiger partial charge in [-0.1, -0.05) is 31.5 Å². The summed E-state index contributed by atoms with van der Waals surface area (Å²) in [6, 6.07) is 6.44. The molecule has 0 bridgehead atoms. The smallest absolute Gasteiger partial charge is 0.122 e. The van der Waals surface area contributed by atoms with Crippen molar-refractivity contribution in [2.45, 2.75) is 51.8 Å². The average Bonchev–Trinajstić information content (AvgIpc) is 2.41. The molecule has 1 fully saturated rings. The standard InChI is InChI=1S/C18H27ClO/c1-12(2)14-6-7-17(19)15(10-14)11-16-9-13(3)5-8-18(16)20-4/h5,8-9,12,14-15,17H,6-7,10-11H2,1-4H3. The van der Waals surface area contributed by atoms with Crippen LogP contribution in [0.3, 0.4) is 0 Å². The van der Waals surface area contributed by atoms with Gasteiger partial charge in [0.05, 0.1) is 7.11 Å². The average molecular weight is 295 g/mol. The third-order valence-corrected chi connectivity index (χ3v) is 5.37. The molecule has 2 heteroatoms. The highest BCUT2D eigenvalue weighted by Crippen LogP contribution is 2.39. The molecule has 1 aromatic rings. The largest absolute Gasteiger partial charge is 0.496 e. The molecule has 0 spiro atoms. The van der Waals surface area contributed by atoms with Crippen LogP contribution in [0.5, 0.6) is 5.75 Å². The number of hydrogen-bond acceptors (Lipinski definition) is 1. The zero-order valence-electron chi connectivity index (χ0n) is 13.2. The minimum Gasteiger partial charge on any atom is -0.496 e. The van der Waals surface area contributed by atoms with Crippen molar-refractivity contribution in [1.29, 1.82) is 0 Å². The lowest BCUT2D eigenvalue weighted by Crippen LogP contribution is -2.29. The summed E-state index contributed by atoms with van der Waals surface area (Å²) in [7, 11) is 1.75. The van der Waals surface area contributed by atoms with Crippen LogP contribution in [-0.2, 0) is 6.42 Å². The van der Waals surface area contributed by atoms with Crippen molar-refractivity contribution in [3.05, 3.63) is 29.3 Å². The van der Waals surface area contributed by atoms with Gasteiger partial charge in [-0.2, -0.15) is 0 Å². The van der Waals surface area contributed by atoms with Crippen molar-refractivity contribution in [3.63, 3.8) is 0 Å². The first kappa shape index (κ1) is 15.7. The maximum Gasteiger partial charge on any atom is 0.122 e. The van der Waals surface area contributed by atoms with E-state index in [0.717, 1.165) is 30.4 Å². The Bertz CT molecular complexity index is 441. The van der Waals surface area contributed by atoms with Crippen LogP contribution in [0.2, 0.25) is 0 Å². The molecule has 0 heterocycles. The van der Waals surface area contributed by atoms with Crippen LogP contribution in [-0.4, -0.2) is 12.5 Å². The highest BCUT2D eigenvalue weighted by Gasteiger charge is 2.31. The molecule has 2 rings (SSSR count). The Morgan fingerprint density at radius 3 is 2.70 bits per heavy atom. The lowest BCUT2D eigenvalue weighted by Gasteiger charge is -2.35. The lowest BCUT2D eigenvalue weighted by atomic mass is 9.74. The molecule has 1 aliphatic carbocycles. The SMILES string of the molecule is COc1ccc(C)cc1CC1CC(C(C)C)CCC1Cl. The van der Waals surface area contributed by atoms with E-state index in [9.17, 15) is 0 Å². The summed E-state index contributed by atoms with van der Waals surface area (Å²) in [5.41, 5.74) is 2.61. The molecule has 20 heavy (non-hydrogen) atoms. The summed E-state index contributed by atoms with van der Waals surface area (Å²) >= 11 is 6.60. The molecular formula is C18H27ClO. The number of rotatable bonds is 4. The number of ether oxygens (including phenoxy) is 1. The molecule has 0 aliphatic heterocycles. The van der Waals surface area contributed by atoms with Crippen LogP contribution in [0.1, 0.15) is 44.2 Å². The van der Waals surface area contributed by atoms with E-state index in [0.29, 0.717) is 11.3 Å². The summed E-state index contributed by atoms with van der Waals surface area (Å²) in [4.78, 5) is 0. The number of alkyl halides is 1. The Morgan fingerprint density at radius 1 is 1.30 bits per heavy atom. The topological polar surface area (TPSA) is 9.23 Å². The monoisotopic (exact) mass is 294 g/mol. The fourth-order valence-electron chi connectivity index (χ4n) is 3.43. The van der Waals surface area contributed by atoms with Gasteiger partial charge in [-0.3, -0.25) is 0 Å². The van der Waals surface area contributed by atoms with Gasteiger partial charge in [-0.15, -0.1) is 11.6 Å². The first-order valence-corrected chi connectivity index (χ1v) is 8.22. The van der Waals surface area contributed by atoms with Gasteiger partial charge in [0.2, 0.25) is 0 Å². The second-order valence-electron chi connectivity index (χ2n) is 6.61. The van der Waals surface area contributed by atoms with Gasteiger partial charge in [-0.25, -0.2) is 0 Å². The van der Waals surface area contributed by atoms with Crippen LogP contribution in [0.25, 0.3) is 0 Å². The van der Waals surface area contributed by atoms with Crippen LogP contribution in [0, 0.1) is 24.7 Å². The van der Waals surface area contributed by atoms with Gasteiger partial charge in [0.25, 0.3) is 0 Å². The van der Waals surface area contributed by atoms with E-state index in [2.05, 4.69) is 39.0 Å². The van der Waals surface area contributed by atoms with Crippen molar-refractivity contribution in [1.82, 2.24) is 0 Å². The molecule has 1 nitrogen and oxygen atoms in total. The zero-order chi connectivity index (χ0) is 14.7. The minimum absolute atomic E-state index is 0.315. The zero-order valence-corrected chi connectivity index (χ0v) is 13.9. The molecule has 3 atom stereocenters. The van der Waals surface area contributed by atoms with Crippen molar-refractivity contribution >= 4 is 11.6 Å². The minimum atomic E-state index is 0.315. The number of halogens is 1. The van der Waals surface area contributed by atoms with E-state index in [1.54, 1.807) is 7.11 Å². The molecule has 1 saturated carbocycles. The third kappa shape index (κ3) is 3.69. The normalized spacial score (nSPS) is 26.8. The molecule has 0 amide bonds. The lowest BCUT2D eigenvalue weighted by molar-refractivity contribution is 0.217. The third-order valence-electron chi connectivity index (χ3n) is 4.79. The van der Waals surface area contributed by atoms with E-state index in [1.807, 2.05) is 0 Å². The Balaban J connectivity index is 2.13. The van der Waals surface area contributed by atoms with Crippen molar-refractivity contribution in [3.8, 4) is 5.75 Å². The maximum atomic E-state index is 6.60. The van der Waals surface area contributed by atoms with Crippen LogP contribution in [0.15, 0.2) is 18.2 Å². The summed E-state index contributed by atoms with van der Waals surface area (Å²) in [6.45, 7) is 6.81. The fraction of sp³-hybridized carbons (Fsp3) is 0.667. The Labute approximate surface area is 128 Å². The number of methoxy groups -OCH3 is 1. The van der Waals surface area contributed by atoms with Gasteiger partial charge in [-0.05, 0) is 62.0 Å². The molecule has 0 radical (unpaired) electrons. The van der Waals surface area contributed by atoms with Gasteiger partial charge < -0.3 is 4.74 Å². The van der Waals surface area contributed by atoms with Crippen LogP contribution < -0.4 is 4.74 Å². The Hall–Kier alpha value is -0.690. The molecule has 3 unspecified atom stereocenters. The highest BCUT2D eigenvalue weighted by molar-refractivity contribution is 6.20. The molecule has 0 N–H and O–H groups in total. The van der Waals surface area contributed by atoms with Crippen molar-refractivity contribution in [2.24, 2.45) is 17.8 Å². The predicted molar refractivity (Wildman–Crippen MR) is 86.7 cm³/mol. The maximum absolute atomic E-state index is 6.60. The number of hydrogen-bond donors (Lipinski definition) is 0. The van der Waals surface area contributed by atoms with Crippen LogP contribution >= 0.6 is 11.6 Å². The van der Waals surface area contributed by atoms with Crippen molar-refractivity contribution in [2.75, 3.05) is 7.11 Å². The van der Waals surface area contributed by atoms with E-state index >= 15 is 0 Å². The van der Waals surface area contributed by atoms with E-state index in [4.69, 9.17) is 16.3 Å². The number of benzene rings is 1. The highest BCUT2D eigenvalue weighted by atomic mass is 35.5. The van der Waals surface area contributed by atoms with Gasteiger partial charge in [0.1, 0.15) is 5.75 Å². The number of aryl methyl sites for hydroxylation is 1. The molecule has 1 aromatic carbocycles. The second kappa shape index (κ2) is 6.85. The van der Waals surface area contributed by atoms with Crippen molar-refractivity contribution < 1.29 is 4.74 Å². The first-order valence-electron chi connectivity index (χ1n) is 7.78. The molecule has 112 valence electrons. The van der Waals surface area contributed by atoms with E-state index < -0.39 is 0 Å². The summed E-state index contributed by atoms with van der Waals surface area (Å²) in [5, 5.41) is 0.315. The summed E-state index contributed by atoms with van der Waals surface area (Å²) in [6.07, 6.45) is 4.74. The Morgan fingerprint density at radius 2 is 2.05 bits per heavy atom. The second-order valence-corrected chi connectivity index (χ2v) is 7.17. The molecule has 0 aromatic heterocycles. The van der Waals surface area contributed by atoms with Gasteiger partial charge in [0, 0.05) is 5.38 Å². The summed E-state index contributed by atoms with van der Waals surface area (Å²) in [5.74, 6) is 3.17. The summed E-state index contributed by atoms with van der Waals surface area (Å²) < 4.78 is 5.51. The van der Waals surface area contributed by atoms with E-state index in [1.165, 1.54) is 24.0 Å². The van der Waals surface area contributed by atoms with Gasteiger partial charge in [0.15, 0.2) is 0 Å². The van der Waals surface area contributed by atoms with Crippen LogP contribution in [0.4, 0.5) is 0 Å². The van der Waals surface area contributed by atoms with Gasteiger partial charge >= 0.3 is 0 Å².